The third kappa shape index (κ3) is 3.22. The second kappa shape index (κ2) is 5.32. The van der Waals surface area contributed by atoms with Crippen LogP contribution < -0.4 is 5.32 Å². The number of carboxylic acid groups (broad SMARTS) is 1. The van der Waals surface area contributed by atoms with Crippen LogP contribution in [0.2, 0.25) is 5.02 Å². The van der Waals surface area contributed by atoms with Crippen molar-refractivity contribution in [2.45, 2.75) is 20.3 Å². The number of amides is 2. The molecule has 1 aromatic rings. The Labute approximate surface area is 122 Å². The van der Waals surface area contributed by atoms with Gasteiger partial charge in [0.25, 0.3) is 0 Å². The monoisotopic (exact) mass is 296 g/mol. The summed E-state index contributed by atoms with van der Waals surface area (Å²) in [4.78, 5) is 24.8. The topological polar surface area (TPSA) is 69.6 Å². The summed E-state index contributed by atoms with van der Waals surface area (Å²) in [5.74, 6) is -1.12. The highest BCUT2D eigenvalue weighted by Gasteiger charge is 2.32. The van der Waals surface area contributed by atoms with Crippen LogP contribution in [0.25, 0.3) is 0 Å². The van der Waals surface area contributed by atoms with E-state index in [0.29, 0.717) is 18.8 Å². The number of aromatic carboxylic acids is 1. The van der Waals surface area contributed by atoms with E-state index >= 15 is 0 Å². The van der Waals surface area contributed by atoms with Gasteiger partial charge in [0.1, 0.15) is 0 Å². The number of hydrogen-bond acceptors (Lipinski definition) is 2. The Bertz CT molecular complexity index is 557. The maximum absolute atomic E-state index is 12.1. The molecule has 1 heterocycles. The second-order valence-electron chi connectivity index (χ2n) is 5.77. The van der Waals surface area contributed by atoms with Crippen molar-refractivity contribution in [3.63, 3.8) is 0 Å². The van der Waals surface area contributed by atoms with Gasteiger partial charge in [-0.3, -0.25) is 0 Å². The minimum absolute atomic E-state index is 0.0220. The Morgan fingerprint density at radius 1 is 1.40 bits per heavy atom. The van der Waals surface area contributed by atoms with Crippen molar-refractivity contribution in [2.75, 3.05) is 18.4 Å². The predicted molar refractivity (Wildman–Crippen MR) is 77.4 cm³/mol. The van der Waals surface area contributed by atoms with Gasteiger partial charge in [0.15, 0.2) is 0 Å². The first kappa shape index (κ1) is 14.7. The van der Waals surface area contributed by atoms with Crippen molar-refractivity contribution < 1.29 is 14.7 Å². The van der Waals surface area contributed by atoms with Crippen LogP contribution in [0.1, 0.15) is 30.6 Å². The highest BCUT2D eigenvalue weighted by atomic mass is 35.5. The lowest BCUT2D eigenvalue weighted by atomic mass is 9.93. The van der Waals surface area contributed by atoms with E-state index in [9.17, 15) is 9.59 Å². The molecule has 2 N–H and O–H groups in total. The molecule has 0 radical (unpaired) electrons. The van der Waals surface area contributed by atoms with E-state index in [-0.39, 0.29) is 22.0 Å². The SMILES string of the molecule is CC1(C)CCN(C(=O)Nc2ccc(Cl)c(C(=O)O)c2)C1. The minimum Gasteiger partial charge on any atom is -0.478 e. The molecule has 1 aliphatic rings. The molecule has 0 spiro atoms. The fourth-order valence-corrected chi connectivity index (χ4v) is 2.45. The summed E-state index contributed by atoms with van der Waals surface area (Å²) in [6.45, 7) is 5.63. The predicted octanol–water partition coefficient (Wildman–Crippen LogP) is 3.30. The van der Waals surface area contributed by atoms with E-state index in [0.717, 1.165) is 6.42 Å². The quantitative estimate of drug-likeness (QED) is 0.879. The van der Waals surface area contributed by atoms with Gasteiger partial charge in [0.05, 0.1) is 10.6 Å². The van der Waals surface area contributed by atoms with Crippen LogP contribution in [-0.4, -0.2) is 35.1 Å². The summed E-state index contributed by atoms with van der Waals surface area (Å²) in [6, 6.07) is 4.21. The molecule has 108 valence electrons. The van der Waals surface area contributed by atoms with Crippen LogP contribution in [0.4, 0.5) is 10.5 Å². The number of urea groups is 1. The highest BCUT2D eigenvalue weighted by Crippen LogP contribution is 2.29. The molecule has 20 heavy (non-hydrogen) atoms. The zero-order valence-corrected chi connectivity index (χ0v) is 12.2. The Kier molecular flexibility index (Phi) is 3.90. The molecule has 5 nitrogen and oxygen atoms in total. The Morgan fingerprint density at radius 3 is 2.65 bits per heavy atom. The van der Waals surface area contributed by atoms with Gasteiger partial charge in [-0.1, -0.05) is 25.4 Å². The highest BCUT2D eigenvalue weighted by molar-refractivity contribution is 6.33. The van der Waals surface area contributed by atoms with Crippen molar-refractivity contribution in [1.82, 2.24) is 4.90 Å². The molecule has 1 aliphatic heterocycles. The van der Waals surface area contributed by atoms with E-state index in [1.54, 1.807) is 11.0 Å². The number of anilines is 1. The summed E-state index contributed by atoms with van der Waals surface area (Å²) in [5, 5.41) is 11.9. The van der Waals surface area contributed by atoms with Crippen molar-refractivity contribution in [3.8, 4) is 0 Å². The number of halogens is 1. The Hall–Kier alpha value is -1.75. The van der Waals surface area contributed by atoms with Gasteiger partial charge in [0, 0.05) is 18.8 Å². The molecule has 0 saturated carbocycles. The normalized spacial score (nSPS) is 17.1. The molecule has 0 unspecified atom stereocenters. The average Bonchev–Trinajstić information content (AvgIpc) is 2.72. The van der Waals surface area contributed by atoms with E-state index in [4.69, 9.17) is 16.7 Å². The summed E-state index contributed by atoms with van der Waals surface area (Å²) >= 11 is 5.79. The first-order valence-corrected chi connectivity index (χ1v) is 6.75. The fraction of sp³-hybridized carbons (Fsp3) is 0.429. The zero-order valence-electron chi connectivity index (χ0n) is 11.4. The van der Waals surface area contributed by atoms with Gasteiger partial charge in [-0.15, -0.1) is 0 Å². The molecule has 2 amide bonds. The number of benzene rings is 1. The number of carbonyl (C=O) groups is 2. The van der Waals surface area contributed by atoms with Crippen molar-refractivity contribution in [3.05, 3.63) is 28.8 Å². The van der Waals surface area contributed by atoms with Crippen LogP contribution >= 0.6 is 11.6 Å². The third-order valence-corrected chi connectivity index (χ3v) is 3.74. The van der Waals surface area contributed by atoms with Crippen LogP contribution in [-0.2, 0) is 0 Å². The number of nitrogens with one attached hydrogen (secondary N) is 1. The summed E-state index contributed by atoms with van der Waals surface area (Å²) in [5.41, 5.74) is 0.538. The summed E-state index contributed by atoms with van der Waals surface area (Å²) in [7, 11) is 0. The number of nitrogens with zero attached hydrogens (tertiary/aromatic N) is 1. The largest absolute Gasteiger partial charge is 0.478 e. The standard InChI is InChI=1S/C14H17ClN2O3/c1-14(2)5-6-17(8-14)13(20)16-9-3-4-11(15)10(7-9)12(18)19/h3-4,7H,5-6,8H2,1-2H3,(H,16,20)(H,18,19). The van der Waals surface area contributed by atoms with Crippen molar-refractivity contribution >= 4 is 29.3 Å². The van der Waals surface area contributed by atoms with Crippen LogP contribution in [0.15, 0.2) is 18.2 Å². The van der Waals surface area contributed by atoms with Crippen LogP contribution in [0.3, 0.4) is 0 Å². The molecule has 1 saturated heterocycles. The third-order valence-electron chi connectivity index (χ3n) is 3.41. The Balaban J connectivity index is 2.09. The smallest absolute Gasteiger partial charge is 0.337 e. The molecule has 0 aromatic heterocycles. The Morgan fingerprint density at radius 2 is 2.10 bits per heavy atom. The first-order chi connectivity index (χ1) is 9.28. The van der Waals surface area contributed by atoms with Gasteiger partial charge in [-0.25, -0.2) is 9.59 Å². The van der Waals surface area contributed by atoms with Gasteiger partial charge >= 0.3 is 12.0 Å². The molecule has 1 fully saturated rings. The van der Waals surface area contributed by atoms with Gasteiger partial charge in [0.2, 0.25) is 0 Å². The number of carbonyl (C=O) groups excluding carboxylic acids is 1. The van der Waals surface area contributed by atoms with Crippen LogP contribution in [0.5, 0.6) is 0 Å². The zero-order chi connectivity index (χ0) is 14.9. The average molecular weight is 297 g/mol. The molecular weight excluding hydrogens is 280 g/mol. The number of carboxylic acids is 1. The minimum atomic E-state index is -1.12. The lowest BCUT2D eigenvalue weighted by molar-refractivity contribution is 0.0697. The number of rotatable bonds is 2. The molecule has 0 atom stereocenters. The molecule has 1 aromatic carbocycles. The molecule has 0 bridgehead atoms. The van der Waals surface area contributed by atoms with E-state index in [1.807, 2.05) is 0 Å². The number of likely N-dealkylation sites (tertiary alicyclic amines) is 1. The van der Waals surface area contributed by atoms with Gasteiger partial charge in [-0.2, -0.15) is 0 Å². The van der Waals surface area contributed by atoms with E-state index < -0.39 is 5.97 Å². The number of hydrogen-bond donors (Lipinski definition) is 2. The van der Waals surface area contributed by atoms with Crippen molar-refractivity contribution in [2.24, 2.45) is 5.41 Å². The van der Waals surface area contributed by atoms with Crippen molar-refractivity contribution in [1.29, 1.82) is 0 Å². The van der Waals surface area contributed by atoms with Crippen LogP contribution in [0, 0.1) is 5.41 Å². The maximum Gasteiger partial charge on any atom is 0.337 e. The molecule has 0 aliphatic carbocycles. The van der Waals surface area contributed by atoms with Gasteiger partial charge in [-0.05, 0) is 30.0 Å². The maximum atomic E-state index is 12.1. The van der Waals surface area contributed by atoms with E-state index in [2.05, 4.69) is 19.2 Å². The van der Waals surface area contributed by atoms with Gasteiger partial charge < -0.3 is 15.3 Å². The summed E-state index contributed by atoms with van der Waals surface area (Å²) in [6.07, 6.45) is 0.960. The molecule has 2 rings (SSSR count). The van der Waals surface area contributed by atoms with E-state index in [1.165, 1.54) is 12.1 Å². The molecule has 6 heteroatoms. The lowest BCUT2D eigenvalue weighted by Crippen LogP contribution is -2.34. The molecular formula is C14H17ClN2O3. The lowest BCUT2D eigenvalue weighted by Gasteiger charge is -2.20. The second-order valence-corrected chi connectivity index (χ2v) is 6.17. The fourth-order valence-electron chi connectivity index (χ4n) is 2.26. The first-order valence-electron chi connectivity index (χ1n) is 6.37. The summed E-state index contributed by atoms with van der Waals surface area (Å²) < 4.78 is 0.